The Kier molecular flexibility index (Phi) is 5.53. The van der Waals surface area contributed by atoms with Crippen molar-refractivity contribution in [3.63, 3.8) is 0 Å². The Morgan fingerprint density at radius 2 is 1.71 bits per heavy atom. The van der Waals surface area contributed by atoms with Gasteiger partial charge in [-0.05, 0) is 12.1 Å². The fourth-order valence-corrected chi connectivity index (χ4v) is 3.18. The summed E-state index contributed by atoms with van der Waals surface area (Å²) in [7, 11) is 0. The van der Waals surface area contributed by atoms with Crippen LogP contribution >= 0.6 is 0 Å². The molecular weight excluding hydrogens is 392 g/mol. The topological polar surface area (TPSA) is 131 Å². The van der Waals surface area contributed by atoms with Crippen molar-refractivity contribution in [3.8, 4) is 28.5 Å². The van der Waals surface area contributed by atoms with Gasteiger partial charge in [0.05, 0.1) is 17.8 Å². The first-order valence-electron chi connectivity index (χ1n) is 9.65. The van der Waals surface area contributed by atoms with E-state index >= 15 is 0 Å². The van der Waals surface area contributed by atoms with Gasteiger partial charge in [-0.15, -0.1) is 10.2 Å². The second-order valence-electron chi connectivity index (χ2n) is 6.95. The van der Waals surface area contributed by atoms with Crippen LogP contribution in [0.2, 0.25) is 0 Å². The Bertz CT molecular complexity index is 1220. The van der Waals surface area contributed by atoms with Gasteiger partial charge in [0.2, 0.25) is 0 Å². The van der Waals surface area contributed by atoms with Gasteiger partial charge in [0.1, 0.15) is 11.7 Å². The minimum atomic E-state index is -0.865. The first-order chi connectivity index (χ1) is 15.0. The predicted molar refractivity (Wildman–Crippen MR) is 117 cm³/mol. The maximum absolute atomic E-state index is 11.0. The molecule has 8 nitrogen and oxygen atoms in total. The first kappa shape index (κ1) is 20.0. The van der Waals surface area contributed by atoms with Crippen LogP contribution in [0.1, 0.15) is 17.7 Å². The van der Waals surface area contributed by atoms with Gasteiger partial charge in [0, 0.05) is 29.3 Å². The third-order valence-electron chi connectivity index (χ3n) is 4.77. The van der Waals surface area contributed by atoms with Gasteiger partial charge in [-0.25, -0.2) is 4.98 Å². The van der Waals surface area contributed by atoms with Gasteiger partial charge >= 0.3 is 5.97 Å². The number of carboxylic acids is 1. The zero-order valence-corrected chi connectivity index (χ0v) is 16.6. The smallest absolute Gasteiger partial charge is 0.303 e. The van der Waals surface area contributed by atoms with E-state index in [0.717, 1.165) is 11.1 Å². The molecule has 2 heterocycles. The standard InChI is InChI=1S/C23H20N6O2/c24-22(25)16-8-6-15(7-9-16)19-11-12-20(28-27-19)29-14-18(10-13-21(30)31)26-23(29)17-4-2-1-3-5-17/h1-9,11-12,14H,10,13H2,(H3,24,25)(H,30,31). The van der Waals surface area contributed by atoms with E-state index in [2.05, 4.69) is 15.2 Å². The number of hydrogen-bond donors (Lipinski definition) is 3. The normalized spacial score (nSPS) is 10.7. The number of imidazole rings is 1. The van der Waals surface area contributed by atoms with E-state index in [0.29, 0.717) is 35.0 Å². The van der Waals surface area contributed by atoms with Crippen LogP contribution in [0.25, 0.3) is 28.5 Å². The second-order valence-corrected chi connectivity index (χ2v) is 6.95. The Labute approximate surface area is 178 Å². The number of carboxylic acid groups (broad SMARTS) is 1. The molecule has 0 aliphatic carbocycles. The minimum absolute atomic E-state index is 0.00607. The number of carbonyl (C=O) groups is 1. The summed E-state index contributed by atoms with van der Waals surface area (Å²) in [5.74, 6) is 0.405. The van der Waals surface area contributed by atoms with E-state index in [1.165, 1.54) is 0 Å². The zero-order chi connectivity index (χ0) is 21.8. The SMILES string of the molecule is N=C(N)c1ccc(-c2ccc(-n3cc(CCC(=O)O)nc3-c3ccccc3)nn2)cc1. The number of amidine groups is 1. The molecule has 0 radical (unpaired) electrons. The van der Waals surface area contributed by atoms with Gasteiger partial charge < -0.3 is 10.8 Å². The van der Waals surface area contributed by atoms with E-state index in [9.17, 15) is 4.79 Å². The van der Waals surface area contributed by atoms with Gasteiger partial charge in [-0.1, -0.05) is 54.6 Å². The molecule has 0 saturated heterocycles. The van der Waals surface area contributed by atoms with E-state index in [-0.39, 0.29) is 12.3 Å². The summed E-state index contributed by atoms with van der Waals surface area (Å²) in [6.45, 7) is 0. The molecule has 0 saturated carbocycles. The molecule has 8 heteroatoms. The van der Waals surface area contributed by atoms with Crippen LogP contribution < -0.4 is 5.73 Å². The second kappa shape index (κ2) is 8.58. The number of nitrogens with one attached hydrogen (secondary N) is 1. The molecule has 0 bridgehead atoms. The summed E-state index contributed by atoms with van der Waals surface area (Å²) >= 11 is 0. The first-order valence-corrected chi connectivity index (χ1v) is 9.65. The van der Waals surface area contributed by atoms with Crippen molar-refractivity contribution in [3.05, 3.63) is 84.2 Å². The summed E-state index contributed by atoms with van der Waals surface area (Å²) in [6, 6.07) is 20.6. The number of aliphatic carboxylic acids is 1. The third kappa shape index (κ3) is 4.48. The van der Waals surface area contributed by atoms with Gasteiger partial charge in [0.25, 0.3) is 0 Å². The largest absolute Gasteiger partial charge is 0.481 e. The predicted octanol–water partition coefficient (Wildman–Crippen LogP) is 3.30. The van der Waals surface area contributed by atoms with Crippen LogP contribution in [0.15, 0.2) is 72.9 Å². The lowest BCUT2D eigenvalue weighted by molar-refractivity contribution is -0.136. The molecule has 154 valence electrons. The number of aromatic nitrogens is 4. The number of benzene rings is 2. The highest BCUT2D eigenvalue weighted by Crippen LogP contribution is 2.24. The average Bonchev–Trinajstić information content (AvgIpc) is 3.23. The number of nitrogens with two attached hydrogens (primary N) is 1. The van der Waals surface area contributed by atoms with Gasteiger partial charge in [-0.3, -0.25) is 14.8 Å². The summed E-state index contributed by atoms with van der Waals surface area (Å²) in [4.78, 5) is 15.6. The Morgan fingerprint density at radius 3 is 2.32 bits per heavy atom. The third-order valence-corrected chi connectivity index (χ3v) is 4.77. The molecule has 0 aliphatic heterocycles. The van der Waals surface area contributed by atoms with Crippen LogP contribution in [-0.2, 0) is 11.2 Å². The Balaban J connectivity index is 1.68. The van der Waals surface area contributed by atoms with Crippen molar-refractivity contribution in [2.24, 2.45) is 5.73 Å². The molecule has 0 spiro atoms. The maximum Gasteiger partial charge on any atom is 0.303 e. The monoisotopic (exact) mass is 412 g/mol. The number of hydrogen-bond acceptors (Lipinski definition) is 5. The Hall–Kier alpha value is -4.33. The van der Waals surface area contributed by atoms with Crippen molar-refractivity contribution in [2.45, 2.75) is 12.8 Å². The van der Waals surface area contributed by atoms with Crippen molar-refractivity contribution in [1.29, 1.82) is 5.41 Å². The molecule has 0 unspecified atom stereocenters. The Morgan fingerprint density at radius 1 is 0.968 bits per heavy atom. The highest BCUT2D eigenvalue weighted by molar-refractivity contribution is 5.95. The number of aryl methyl sites for hydroxylation is 1. The van der Waals surface area contributed by atoms with Crippen LogP contribution in [0.4, 0.5) is 0 Å². The molecule has 4 rings (SSSR count). The fourth-order valence-electron chi connectivity index (χ4n) is 3.18. The average molecular weight is 412 g/mol. The number of rotatable bonds is 7. The van der Waals surface area contributed by atoms with Crippen LogP contribution in [-0.4, -0.2) is 36.7 Å². The van der Waals surface area contributed by atoms with Crippen molar-refractivity contribution < 1.29 is 9.90 Å². The highest BCUT2D eigenvalue weighted by Gasteiger charge is 2.14. The molecule has 0 aliphatic rings. The molecular formula is C23H20N6O2. The lowest BCUT2D eigenvalue weighted by Crippen LogP contribution is -2.10. The van der Waals surface area contributed by atoms with Crippen LogP contribution in [0.3, 0.4) is 0 Å². The van der Waals surface area contributed by atoms with Crippen LogP contribution in [0, 0.1) is 5.41 Å². The lowest BCUT2D eigenvalue weighted by Gasteiger charge is -2.07. The summed E-state index contributed by atoms with van der Waals surface area (Å²) in [5, 5.41) is 25.2. The molecule has 2 aromatic carbocycles. The quantitative estimate of drug-likeness (QED) is 0.315. The summed E-state index contributed by atoms with van der Waals surface area (Å²) < 4.78 is 1.82. The molecule has 2 aromatic heterocycles. The minimum Gasteiger partial charge on any atom is -0.481 e. The van der Waals surface area contributed by atoms with Crippen molar-refractivity contribution in [1.82, 2.24) is 19.7 Å². The van der Waals surface area contributed by atoms with E-state index in [1.54, 1.807) is 18.3 Å². The summed E-state index contributed by atoms with van der Waals surface area (Å²) in [6.07, 6.45) is 2.14. The molecule has 0 atom stereocenters. The van der Waals surface area contributed by atoms with Crippen molar-refractivity contribution in [2.75, 3.05) is 0 Å². The zero-order valence-electron chi connectivity index (χ0n) is 16.6. The highest BCUT2D eigenvalue weighted by atomic mass is 16.4. The molecule has 0 fully saturated rings. The molecule has 4 aromatic rings. The van der Waals surface area contributed by atoms with Gasteiger partial charge in [0.15, 0.2) is 5.82 Å². The summed E-state index contributed by atoms with van der Waals surface area (Å²) in [5.41, 5.74) is 9.27. The number of nitrogens with zero attached hydrogens (tertiary/aromatic N) is 4. The van der Waals surface area contributed by atoms with E-state index < -0.39 is 5.97 Å². The lowest BCUT2D eigenvalue weighted by atomic mass is 10.1. The maximum atomic E-state index is 11.0. The van der Waals surface area contributed by atoms with Crippen LogP contribution in [0.5, 0.6) is 0 Å². The number of nitrogen functional groups attached to an aromatic ring is 1. The fraction of sp³-hybridized carbons (Fsp3) is 0.0870. The van der Waals surface area contributed by atoms with E-state index in [4.69, 9.17) is 16.2 Å². The molecule has 0 amide bonds. The molecule has 4 N–H and O–H groups in total. The van der Waals surface area contributed by atoms with E-state index in [1.807, 2.05) is 59.2 Å². The molecule has 31 heavy (non-hydrogen) atoms. The van der Waals surface area contributed by atoms with Crippen molar-refractivity contribution >= 4 is 11.8 Å². The van der Waals surface area contributed by atoms with Gasteiger partial charge in [-0.2, -0.15) is 0 Å².